The first kappa shape index (κ1) is 17.3. The van der Waals surface area contributed by atoms with Crippen LogP contribution in [0.25, 0.3) is 0 Å². The summed E-state index contributed by atoms with van der Waals surface area (Å²) in [4.78, 5) is 14.7. The van der Waals surface area contributed by atoms with E-state index in [1.807, 2.05) is 6.07 Å². The van der Waals surface area contributed by atoms with Gasteiger partial charge in [-0.1, -0.05) is 42.5 Å². The molecule has 0 aliphatic carbocycles. The number of hydrogen-bond acceptors (Lipinski definition) is 3. The first-order valence-electron chi connectivity index (χ1n) is 8.79. The molecule has 0 atom stereocenters. The average Bonchev–Trinajstić information content (AvgIpc) is 2.66. The lowest BCUT2D eigenvalue weighted by molar-refractivity contribution is 0.142. The lowest BCUT2D eigenvalue weighted by Crippen LogP contribution is -2.48. The summed E-state index contributed by atoms with van der Waals surface area (Å²) in [7, 11) is 0. The molecule has 5 nitrogen and oxygen atoms in total. The summed E-state index contributed by atoms with van der Waals surface area (Å²) in [5, 5.41) is 12.5. The Balaban J connectivity index is 1.47. The molecule has 3 rings (SSSR count). The molecule has 0 spiro atoms. The second-order valence-electron chi connectivity index (χ2n) is 6.34. The molecule has 0 unspecified atom stereocenters. The van der Waals surface area contributed by atoms with Crippen LogP contribution in [0.5, 0.6) is 0 Å². The van der Waals surface area contributed by atoms with Crippen LogP contribution in [0.4, 0.5) is 10.5 Å². The largest absolute Gasteiger partial charge is 0.465 e. The van der Waals surface area contributed by atoms with Gasteiger partial charge in [-0.3, -0.25) is 0 Å². The molecule has 25 heavy (non-hydrogen) atoms. The van der Waals surface area contributed by atoms with E-state index in [-0.39, 0.29) is 0 Å². The highest BCUT2D eigenvalue weighted by Crippen LogP contribution is 2.18. The van der Waals surface area contributed by atoms with Crippen LogP contribution in [0, 0.1) is 0 Å². The van der Waals surface area contributed by atoms with E-state index in [0.29, 0.717) is 13.1 Å². The fourth-order valence-electron chi connectivity index (χ4n) is 3.13. The van der Waals surface area contributed by atoms with Gasteiger partial charge < -0.3 is 20.2 Å². The number of piperazine rings is 1. The zero-order valence-corrected chi connectivity index (χ0v) is 14.4. The summed E-state index contributed by atoms with van der Waals surface area (Å²) in [6.07, 6.45) is 0.202. The van der Waals surface area contributed by atoms with Crippen molar-refractivity contribution in [3.8, 4) is 0 Å². The molecule has 0 bridgehead atoms. The van der Waals surface area contributed by atoms with Crippen molar-refractivity contribution in [2.75, 3.05) is 37.6 Å². The number of rotatable bonds is 6. The maximum absolute atomic E-state index is 11.0. The summed E-state index contributed by atoms with van der Waals surface area (Å²) in [5.41, 5.74) is 3.78. The van der Waals surface area contributed by atoms with E-state index < -0.39 is 6.09 Å². The van der Waals surface area contributed by atoms with E-state index in [4.69, 9.17) is 5.11 Å². The zero-order chi connectivity index (χ0) is 17.5. The van der Waals surface area contributed by atoms with E-state index in [0.717, 1.165) is 32.6 Å². The van der Waals surface area contributed by atoms with E-state index >= 15 is 0 Å². The Morgan fingerprint density at radius 3 is 2.40 bits per heavy atom. The van der Waals surface area contributed by atoms with Gasteiger partial charge in [0.2, 0.25) is 0 Å². The first-order chi connectivity index (χ1) is 12.2. The van der Waals surface area contributed by atoms with Crippen LogP contribution in [-0.4, -0.2) is 48.8 Å². The second-order valence-corrected chi connectivity index (χ2v) is 6.34. The van der Waals surface area contributed by atoms with E-state index in [9.17, 15) is 4.79 Å². The number of amides is 1. The van der Waals surface area contributed by atoms with Crippen molar-refractivity contribution in [3.05, 3.63) is 65.7 Å². The fraction of sp³-hybridized carbons (Fsp3) is 0.350. The first-order valence-corrected chi connectivity index (χ1v) is 8.79. The molecule has 132 valence electrons. The van der Waals surface area contributed by atoms with Crippen molar-refractivity contribution in [1.29, 1.82) is 0 Å². The van der Waals surface area contributed by atoms with Crippen LogP contribution in [0.1, 0.15) is 11.1 Å². The van der Waals surface area contributed by atoms with E-state index in [1.165, 1.54) is 21.7 Å². The summed E-state index contributed by atoms with van der Waals surface area (Å²) in [5.74, 6) is 0. The number of benzene rings is 2. The molecule has 1 saturated heterocycles. The normalized spacial score (nSPS) is 14.6. The SMILES string of the molecule is O=C(O)N1CCN(c2cccc(CNCCc3ccccc3)c2)CC1. The molecular formula is C20H25N3O2. The molecule has 1 amide bonds. The van der Waals surface area contributed by atoms with Gasteiger partial charge >= 0.3 is 6.09 Å². The van der Waals surface area contributed by atoms with Gasteiger partial charge in [0.25, 0.3) is 0 Å². The van der Waals surface area contributed by atoms with Gasteiger partial charge in [0, 0.05) is 38.4 Å². The third-order valence-electron chi connectivity index (χ3n) is 4.59. The minimum atomic E-state index is -0.823. The smallest absolute Gasteiger partial charge is 0.407 e. The third-order valence-corrected chi connectivity index (χ3v) is 4.59. The Morgan fingerprint density at radius 1 is 0.960 bits per heavy atom. The van der Waals surface area contributed by atoms with Crippen LogP contribution < -0.4 is 10.2 Å². The van der Waals surface area contributed by atoms with E-state index in [2.05, 4.69) is 58.7 Å². The van der Waals surface area contributed by atoms with Crippen LogP contribution in [0.2, 0.25) is 0 Å². The highest BCUT2D eigenvalue weighted by atomic mass is 16.4. The number of nitrogens with zero attached hydrogens (tertiary/aromatic N) is 2. The van der Waals surface area contributed by atoms with Crippen LogP contribution in [0.15, 0.2) is 54.6 Å². The zero-order valence-electron chi connectivity index (χ0n) is 14.4. The molecule has 1 aliphatic heterocycles. The van der Waals surface area contributed by atoms with Gasteiger partial charge in [0.1, 0.15) is 0 Å². The standard InChI is InChI=1S/C20H25N3O2/c24-20(25)23-13-11-22(12-14-23)19-8-4-7-18(15-19)16-21-10-9-17-5-2-1-3-6-17/h1-8,15,21H,9-14,16H2,(H,24,25). The minimum Gasteiger partial charge on any atom is -0.465 e. The Kier molecular flexibility index (Phi) is 5.90. The number of hydrogen-bond donors (Lipinski definition) is 2. The van der Waals surface area contributed by atoms with Gasteiger partial charge in [-0.25, -0.2) is 4.79 Å². The Hall–Kier alpha value is -2.53. The van der Waals surface area contributed by atoms with Gasteiger partial charge in [-0.15, -0.1) is 0 Å². The van der Waals surface area contributed by atoms with Gasteiger partial charge in [-0.2, -0.15) is 0 Å². The number of nitrogens with one attached hydrogen (secondary N) is 1. The molecular weight excluding hydrogens is 314 g/mol. The lowest BCUT2D eigenvalue weighted by Gasteiger charge is -2.34. The van der Waals surface area contributed by atoms with Crippen LogP contribution >= 0.6 is 0 Å². The molecule has 1 fully saturated rings. The lowest BCUT2D eigenvalue weighted by atomic mass is 10.1. The highest BCUT2D eigenvalue weighted by molar-refractivity contribution is 5.65. The monoisotopic (exact) mass is 339 g/mol. The third kappa shape index (κ3) is 4.97. The van der Waals surface area contributed by atoms with Crippen LogP contribution in [-0.2, 0) is 13.0 Å². The molecule has 5 heteroatoms. The number of carbonyl (C=O) groups is 1. The molecule has 0 aromatic heterocycles. The predicted molar refractivity (Wildman–Crippen MR) is 100 cm³/mol. The molecule has 2 N–H and O–H groups in total. The molecule has 0 radical (unpaired) electrons. The highest BCUT2D eigenvalue weighted by Gasteiger charge is 2.20. The predicted octanol–water partition coefficient (Wildman–Crippen LogP) is 2.82. The molecule has 2 aromatic rings. The summed E-state index contributed by atoms with van der Waals surface area (Å²) in [6.45, 7) is 4.42. The molecule has 1 heterocycles. The van der Waals surface area contributed by atoms with E-state index in [1.54, 1.807) is 0 Å². The van der Waals surface area contributed by atoms with Crippen molar-refractivity contribution in [1.82, 2.24) is 10.2 Å². The van der Waals surface area contributed by atoms with Crippen molar-refractivity contribution < 1.29 is 9.90 Å². The topological polar surface area (TPSA) is 55.8 Å². The Morgan fingerprint density at radius 2 is 1.68 bits per heavy atom. The summed E-state index contributed by atoms with van der Waals surface area (Å²) < 4.78 is 0. The summed E-state index contributed by atoms with van der Waals surface area (Å²) in [6, 6.07) is 19.0. The maximum atomic E-state index is 11.0. The van der Waals surface area contributed by atoms with Gasteiger partial charge in [0.15, 0.2) is 0 Å². The van der Waals surface area contributed by atoms with Crippen molar-refractivity contribution >= 4 is 11.8 Å². The Labute approximate surface area is 148 Å². The Bertz CT molecular complexity index is 682. The van der Waals surface area contributed by atoms with Crippen LogP contribution in [0.3, 0.4) is 0 Å². The van der Waals surface area contributed by atoms with Crippen molar-refractivity contribution in [2.45, 2.75) is 13.0 Å². The number of carboxylic acid groups (broad SMARTS) is 1. The number of anilines is 1. The minimum absolute atomic E-state index is 0.564. The molecule has 0 saturated carbocycles. The molecule has 2 aromatic carbocycles. The van der Waals surface area contributed by atoms with Gasteiger partial charge in [-0.05, 0) is 36.2 Å². The maximum Gasteiger partial charge on any atom is 0.407 e. The average molecular weight is 339 g/mol. The summed E-state index contributed by atoms with van der Waals surface area (Å²) >= 11 is 0. The van der Waals surface area contributed by atoms with Gasteiger partial charge in [0.05, 0.1) is 0 Å². The fourth-order valence-corrected chi connectivity index (χ4v) is 3.13. The second kappa shape index (κ2) is 8.53. The van der Waals surface area contributed by atoms with Crippen molar-refractivity contribution in [2.24, 2.45) is 0 Å². The quantitative estimate of drug-likeness (QED) is 0.795. The van der Waals surface area contributed by atoms with Crippen molar-refractivity contribution in [3.63, 3.8) is 0 Å². The molecule has 1 aliphatic rings.